The molecule has 3 nitrogen and oxygen atoms in total. The second-order valence-corrected chi connectivity index (χ2v) is 5.97. The Kier molecular flexibility index (Phi) is 3.49. The van der Waals surface area contributed by atoms with E-state index >= 15 is 0 Å². The summed E-state index contributed by atoms with van der Waals surface area (Å²) in [7, 11) is 0.466. The Morgan fingerprint density at radius 1 is 1.05 bits per heavy atom. The minimum atomic E-state index is -1.18. The van der Waals surface area contributed by atoms with Gasteiger partial charge in [0.2, 0.25) is 0 Å². The van der Waals surface area contributed by atoms with Gasteiger partial charge >= 0.3 is 0 Å². The largest absolute Gasteiger partial charge is 0.496 e. The van der Waals surface area contributed by atoms with E-state index in [1.165, 1.54) is 0 Å². The zero-order chi connectivity index (χ0) is 14.1. The summed E-state index contributed by atoms with van der Waals surface area (Å²) < 4.78 is 23.8. The molecule has 0 radical (unpaired) electrons. The van der Waals surface area contributed by atoms with Crippen LogP contribution in [-0.2, 0) is 17.2 Å². The van der Waals surface area contributed by atoms with Gasteiger partial charge in [0.25, 0.3) is 0 Å². The molecule has 0 aliphatic carbocycles. The van der Waals surface area contributed by atoms with Crippen molar-refractivity contribution < 1.29 is 13.7 Å². The van der Waals surface area contributed by atoms with Crippen LogP contribution in [0, 0.1) is 0 Å². The predicted molar refractivity (Wildman–Crippen MR) is 78.1 cm³/mol. The van der Waals surface area contributed by atoms with E-state index in [0.29, 0.717) is 13.0 Å². The van der Waals surface area contributed by atoms with Crippen LogP contribution in [0.15, 0.2) is 46.2 Å². The van der Waals surface area contributed by atoms with E-state index in [9.17, 15) is 4.21 Å². The summed E-state index contributed by atoms with van der Waals surface area (Å²) >= 11 is 0. The lowest BCUT2D eigenvalue weighted by Crippen LogP contribution is -2.12. The number of hydrogen-bond acceptors (Lipinski definition) is 3. The summed E-state index contributed by atoms with van der Waals surface area (Å²) in [5, 5.41) is 0. The minimum Gasteiger partial charge on any atom is -0.496 e. The summed E-state index contributed by atoms with van der Waals surface area (Å²) in [6.07, 6.45) is 0.691. The molecular weight excluding hydrogens is 272 g/mol. The summed E-state index contributed by atoms with van der Waals surface area (Å²) in [5.74, 6) is 1.60. The van der Waals surface area contributed by atoms with Gasteiger partial charge in [-0.1, -0.05) is 12.1 Å². The van der Waals surface area contributed by atoms with Crippen LogP contribution < -0.4 is 9.47 Å². The Bertz CT molecular complexity index is 679. The van der Waals surface area contributed by atoms with Gasteiger partial charge in [-0.3, -0.25) is 0 Å². The highest BCUT2D eigenvalue weighted by Crippen LogP contribution is 2.39. The Hall–Kier alpha value is -1.81. The molecule has 4 heteroatoms. The van der Waals surface area contributed by atoms with E-state index < -0.39 is 10.8 Å². The van der Waals surface area contributed by atoms with Gasteiger partial charge < -0.3 is 9.47 Å². The molecule has 1 heterocycles. The molecule has 20 heavy (non-hydrogen) atoms. The summed E-state index contributed by atoms with van der Waals surface area (Å²) in [4.78, 5) is 1.68. The summed E-state index contributed by atoms with van der Waals surface area (Å²) in [6.45, 7) is 2.55. The molecule has 0 bridgehead atoms. The Balaban J connectivity index is 2.18. The maximum atomic E-state index is 12.7. The van der Waals surface area contributed by atoms with Crippen molar-refractivity contribution in [2.24, 2.45) is 0 Å². The summed E-state index contributed by atoms with van der Waals surface area (Å²) in [5.41, 5.74) is 2.00. The number of hydrogen-bond donors (Lipinski definition) is 0. The smallest absolute Gasteiger partial charge is 0.124 e. The average molecular weight is 288 g/mol. The van der Waals surface area contributed by atoms with Crippen LogP contribution >= 0.6 is 0 Å². The summed E-state index contributed by atoms with van der Waals surface area (Å²) in [6, 6.07) is 11.4. The quantitative estimate of drug-likeness (QED) is 0.742. The van der Waals surface area contributed by atoms with Crippen molar-refractivity contribution in [3.63, 3.8) is 0 Å². The van der Waals surface area contributed by atoms with Crippen molar-refractivity contribution in [3.8, 4) is 11.5 Å². The van der Waals surface area contributed by atoms with Gasteiger partial charge in [0, 0.05) is 17.5 Å². The molecule has 0 saturated heterocycles. The van der Waals surface area contributed by atoms with Crippen molar-refractivity contribution >= 4 is 10.8 Å². The Morgan fingerprint density at radius 2 is 1.65 bits per heavy atom. The van der Waals surface area contributed by atoms with E-state index in [-0.39, 0.29) is 0 Å². The van der Waals surface area contributed by atoms with Crippen LogP contribution in [0.5, 0.6) is 11.5 Å². The number of fused-ring (bicyclic) bond motifs is 2. The molecule has 0 amide bonds. The normalized spacial score (nSPS) is 16.2. The zero-order valence-electron chi connectivity index (χ0n) is 11.5. The lowest BCUT2D eigenvalue weighted by Gasteiger charge is -2.23. The maximum absolute atomic E-state index is 12.7. The van der Waals surface area contributed by atoms with Crippen molar-refractivity contribution in [1.82, 2.24) is 0 Å². The molecule has 1 aliphatic rings. The van der Waals surface area contributed by atoms with Crippen LogP contribution in [0.3, 0.4) is 0 Å². The van der Waals surface area contributed by atoms with E-state index in [1.54, 1.807) is 7.11 Å². The molecule has 3 rings (SSSR count). The van der Waals surface area contributed by atoms with Crippen LogP contribution in [0.2, 0.25) is 0 Å². The first-order chi connectivity index (χ1) is 9.76. The highest BCUT2D eigenvalue weighted by molar-refractivity contribution is 7.85. The monoisotopic (exact) mass is 288 g/mol. The standard InChI is InChI=1S/C16H16O3S/c1-3-19-14-7-5-9-16-12(14)10-11-13(18-2)6-4-8-15(11)20(16)17/h4-9H,3,10H2,1-2H3. The molecule has 0 fully saturated rings. The van der Waals surface area contributed by atoms with Crippen LogP contribution in [0.1, 0.15) is 18.1 Å². The van der Waals surface area contributed by atoms with Crippen molar-refractivity contribution in [2.45, 2.75) is 23.1 Å². The van der Waals surface area contributed by atoms with Crippen LogP contribution in [-0.4, -0.2) is 17.9 Å². The SMILES string of the molecule is CCOc1cccc2c1Cc1c(OC)cccc1S2=O. The fourth-order valence-electron chi connectivity index (χ4n) is 2.56. The molecule has 104 valence electrons. The second kappa shape index (κ2) is 5.29. The molecule has 0 spiro atoms. The fourth-order valence-corrected chi connectivity index (χ4v) is 4.00. The van der Waals surface area contributed by atoms with E-state index in [2.05, 4.69) is 0 Å². The van der Waals surface area contributed by atoms with Crippen LogP contribution in [0.25, 0.3) is 0 Å². The third-order valence-corrected chi connectivity index (χ3v) is 5.02. The van der Waals surface area contributed by atoms with Gasteiger partial charge in [0.15, 0.2) is 0 Å². The number of rotatable bonds is 3. The predicted octanol–water partition coefficient (Wildman–Crippen LogP) is 3.16. The molecule has 2 aromatic rings. The topological polar surface area (TPSA) is 35.5 Å². The highest BCUT2D eigenvalue weighted by atomic mass is 32.2. The van der Waals surface area contributed by atoms with E-state index in [0.717, 1.165) is 32.4 Å². The maximum Gasteiger partial charge on any atom is 0.124 e. The van der Waals surface area contributed by atoms with Gasteiger partial charge in [-0.2, -0.15) is 0 Å². The first-order valence-electron chi connectivity index (χ1n) is 6.58. The van der Waals surface area contributed by atoms with Crippen LogP contribution in [0.4, 0.5) is 0 Å². The molecule has 0 N–H and O–H groups in total. The highest BCUT2D eigenvalue weighted by Gasteiger charge is 2.26. The number of methoxy groups -OCH3 is 1. The van der Waals surface area contributed by atoms with E-state index in [1.807, 2.05) is 43.3 Å². The third kappa shape index (κ3) is 2.00. The average Bonchev–Trinajstić information content (AvgIpc) is 2.48. The molecule has 1 aliphatic heterocycles. The van der Waals surface area contributed by atoms with Gasteiger partial charge in [-0.25, -0.2) is 4.21 Å². The zero-order valence-corrected chi connectivity index (χ0v) is 12.3. The van der Waals surface area contributed by atoms with Gasteiger partial charge in [-0.15, -0.1) is 0 Å². The molecule has 1 atom stereocenters. The van der Waals surface area contributed by atoms with Gasteiger partial charge in [0.05, 0.1) is 34.3 Å². The molecule has 2 aromatic carbocycles. The first-order valence-corrected chi connectivity index (χ1v) is 7.73. The van der Waals surface area contributed by atoms with Gasteiger partial charge in [-0.05, 0) is 31.2 Å². The Morgan fingerprint density at radius 3 is 2.25 bits per heavy atom. The van der Waals surface area contributed by atoms with Gasteiger partial charge in [0.1, 0.15) is 11.5 Å². The van der Waals surface area contributed by atoms with Crippen molar-refractivity contribution in [1.29, 1.82) is 0 Å². The second-order valence-electron chi connectivity index (χ2n) is 4.55. The fraction of sp³-hybridized carbons (Fsp3) is 0.250. The first kappa shape index (κ1) is 13.2. The number of benzene rings is 2. The lowest BCUT2D eigenvalue weighted by molar-refractivity contribution is 0.335. The van der Waals surface area contributed by atoms with E-state index in [4.69, 9.17) is 9.47 Å². The molecule has 0 aromatic heterocycles. The van der Waals surface area contributed by atoms with Crippen molar-refractivity contribution in [2.75, 3.05) is 13.7 Å². The van der Waals surface area contributed by atoms with Crippen molar-refractivity contribution in [3.05, 3.63) is 47.5 Å². The third-order valence-electron chi connectivity index (χ3n) is 3.45. The lowest BCUT2D eigenvalue weighted by atomic mass is 10.0. The Labute approximate surface area is 121 Å². The number of ether oxygens (including phenoxy) is 2. The molecule has 1 unspecified atom stereocenters. The molecule has 0 saturated carbocycles. The minimum absolute atomic E-state index is 0.599. The molecular formula is C16H16O3S.